The molecule has 2 atom stereocenters. The average molecular weight is 236 g/mol. The molecular weight excluding hydrogens is 216 g/mol. The van der Waals surface area contributed by atoms with Crippen molar-refractivity contribution in [3.8, 4) is 0 Å². The molecule has 1 aliphatic rings. The van der Waals surface area contributed by atoms with Crippen molar-refractivity contribution in [1.29, 1.82) is 0 Å². The molecule has 5 nitrogen and oxygen atoms in total. The van der Waals surface area contributed by atoms with E-state index >= 15 is 0 Å². The molecule has 0 bridgehead atoms. The van der Waals surface area contributed by atoms with Crippen LogP contribution < -0.4 is 5.73 Å². The summed E-state index contributed by atoms with van der Waals surface area (Å²) in [7, 11) is -3.14. The number of nitrogens with zero attached hydrogens (tertiary/aromatic N) is 1. The van der Waals surface area contributed by atoms with Crippen molar-refractivity contribution >= 4 is 10.0 Å². The van der Waals surface area contributed by atoms with Gasteiger partial charge in [0.15, 0.2) is 0 Å². The minimum absolute atomic E-state index is 0.0265. The predicted octanol–water partition coefficient (Wildman–Crippen LogP) is -0.226. The van der Waals surface area contributed by atoms with Gasteiger partial charge in [-0.15, -0.1) is 0 Å². The minimum atomic E-state index is -3.14. The summed E-state index contributed by atoms with van der Waals surface area (Å²) in [6.07, 6.45) is 0.463. The Morgan fingerprint density at radius 3 is 2.33 bits per heavy atom. The average Bonchev–Trinajstić information content (AvgIpc) is 2.13. The van der Waals surface area contributed by atoms with Crippen LogP contribution >= 0.6 is 0 Å². The summed E-state index contributed by atoms with van der Waals surface area (Å²) in [6, 6.07) is 0. The maximum Gasteiger partial charge on any atom is 0.214 e. The van der Waals surface area contributed by atoms with Crippen LogP contribution in [0.3, 0.4) is 0 Å². The lowest BCUT2D eigenvalue weighted by Crippen LogP contribution is -2.48. The number of ether oxygens (including phenoxy) is 1. The fourth-order valence-electron chi connectivity index (χ4n) is 1.75. The van der Waals surface area contributed by atoms with Crippen LogP contribution in [0.4, 0.5) is 0 Å². The Hall–Kier alpha value is -0.170. The summed E-state index contributed by atoms with van der Waals surface area (Å²) >= 11 is 0. The SMILES string of the molecule is C[C@@H]1CN(S(=O)(=O)CCCN)C[C@H](C)O1. The summed E-state index contributed by atoms with van der Waals surface area (Å²) in [6.45, 7) is 5.10. The molecule has 0 aromatic rings. The van der Waals surface area contributed by atoms with E-state index in [-0.39, 0.29) is 18.0 Å². The number of hydrogen-bond donors (Lipinski definition) is 1. The van der Waals surface area contributed by atoms with Crippen LogP contribution in [0.5, 0.6) is 0 Å². The lowest BCUT2D eigenvalue weighted by Gasteiger charge is -2.34. The van der Waals surface area contributed by atoms with E-state index in [1.807, 2.05) is 13.8 Å². The Balaban J connectivity index is 2.61. The molecule has 1 heterocycles. The molecule has 0 unspecified atom stereocenters. The minimum Gasteiger partial charge on any atom is -0.373 e. The zero-order valence-electron chi connectivity index (χ0n) is 9.35. The number of hydrogen-bond acceptors (Lipinski definition) is 4. The summed E-state index contributed by atoms with van der Waals surface area (Å²) < 4.78 is 30.7. The molecule has 1 saturated heterocycles. The van der Waals surface area contributed by atoms with Gasteiger partial charge in [0.05, 0.1) is 18.0 Å². The number of rotatable bonds is 4. The lowest BCUT2D eigenvalue weighted by molar-refractivity contribution is -0.0440. The van der Waals surface area contributed by atoms with E-state index in [9.17, 15) is 8.42 Å². The fourth-order valence-corrected chi connectivity index (χ4v) is 3.42. The molecule has 6 heteroatoms. The van der Waals surface area contributed by atoms with Crippen LogP contribution in [-0.2, 0) is 14.8 Å². The van der Waals surface area contributed by atoms with Gasteiger partial charge in [-0.3, -0.25) is 0 Å². The van der Waals surface area contributed by atoms with E-state index in [0.717, 1.165) is 0 Å². The zero-order valence-corrected chi connectivity index (χ0v) is 10.2. The third-order valence-electron chi connectivity index (χ3n) is 2.39. The Morgan fingerprint density at radius 2 is 1.87 bits per heavy atom. The highest BCUT2D eigenvalue weighted by atomic mass is 32.2. The highest BCUT2D eigenvalue weighted by Crippen LogP contribution is 2.15. The molecule has 1 rings (SSSR count). The second-order valence-corrected chi connectivity index (χ2v) is 6.12. The van der Waals surface area contributed by atoms with Gasteiger partial charge in [0.1, 0.15) is 0 Å². The van der Waals surface area contributed by atoms with Crippen molar-refractivity contribution in [1.82, 2.24) is 4.31 Å². The van der Waals surface area contributed by atoms with Crippen LogP contribution in [0.15, 0.2) is 0 Å². The van der Waals surface area contributed by atoms with Gasteiger partial charge in [0, 0.05) is 13.1 Å². The van der Waals surface area contributed by atoms with Crippen LogP contribution in [0.1, 0.15) is 20.3 Å². The van der Waals surface area contributed by atoms with E-state index in [1.165, 1.54) is 4.31 Å². The molecule has 90 valence electrons. The maximum atomic E-state index is 11.9. The topological polar surface area (TPSA) is 72.6 Å². The fraction of sp³-hybridized carbons (Fsp3) is 1.00. The molecule has 0 aromatic carbocycles. The Kier molecular flexibility index (Phi) is 4.51. The van der Waals surface area contributed by atoms with Crippen LogP contribution in [-0.4, -0.2) is 50.3 Å². The van der Waals surface area contributed by atoms with Crippen LogP contribution in [0.25, 0.3) is 0 Å². The summed E-state index contributed by atoms with van der Waals surface area (Å²) in [5.41, 5.74) is 5.31. The maximum absolute atomic E-state index is 11.9. The van der Waals surface area contributed by atoms with Gasteiger partial charge < -0.3 is 10.5 Å². The Labute approximate surface area is 91.6 Å². The number of morpholine rings is 1. The van der Waals surface area contributed by atoms with Crippen molar-refractivity contribution in [2.75, 3.05) is 25.4 Å². The lowest BCUT2D eigenvalue weighted by atomic mass is 10.3. The summed E-state index contributed by atoms with van der Waals surface area (Å²) in [5.74, 6) is 0.142. The number of nitrogens with two attached hydrogens (primary N) is 1. The van der Waals surface area contributed by atoms with Gasteiger partial charge in [0.2, 0.25) is 10.0 Å². The second kappa shape index (κ2) is 5.25. The van der Waals surface area contributed by atoms with Crippen molar-refractivity contribution in [3.63, 3.8) is 0 Å². The van der Waals surface area contributed by atoms with Crippen LogP contribution in [0.2, 0.25) is 0 Å². The standard InChI is InChI=1S/C9H20N2O3S/c1-8-6-11(7-9(2)14-8)15(12,13)5-3-4-10/h8-9H,3-7,10H2,1-2H3/t8-,9+. The normalized spacial score (nSPS) is 29.3. The molecule has 0 saturated carbocycles. The molecule has 2 N–H and O–H groups in total. The highest BCUT2D eigenvalue weighted by molar-refractivity contribution is 7.89. The van der Waals surface area contributed by atoms with E-state index in [0.29, 0.717) is 26.1 Å². The van der Waals surface area contributed by atoms with Crippen molar-refractivity contribution in [3.05, 3.63) is 0 Å². The molecule has 15 heavy (non-hydrogen) atoms. The molecule has 0 aliphatic carbocycles. The van der Waals surface area contributed by atoms with E-state index < -0.39 is 10.0 Å². The zero-order chi connectivity index (χ0) is 11.5. The quantitative estimate of drug-likeness (QED) is 0.732. The molecule has 0 spiro atoms. The largest absolute Gasteiger partial charge is 0.373 e. The highest BCUT2D eigenvalue weighted by Gasteiger charge is 2.30. The Morgan fingerprint density at radius 1 is 1.33 bits per heavy atom. The van der Waals surface area contributed by atoms with E-state index in [2.05, 4.69) is 0 Å². The van der Waals surface area contributed by atoms with Gasteiger partial charge in [-0.1, -0.05) is 0 Å². The third kappa shape index (κ3) is 3.71. The van der Waals surface area contributed by atoms with Gasteiger partial charge in [-0.2, -0.15) is 4.31 Å². The first-order valence-corrected chi connectivity index (χ1v) is 6.90. The van der Waals surface area contributed by atoms with Gasteiger partial charge in [0.25, 0.3) is 0 Å². The Bertz CT molecular complexity index is 282. The van der Waals surface area contributed by atoms with E-state index in [1.54, 1.807) is 0 Å². The van der Waals surface area contributed by atoms with E-state index in [4.69, 9.17) is 10.5 Å². The molecule has 1 fully saturated rings. The molecular formula is C9H20N2O3S. The second-order valence-electron chi connectivity index (χ2n) is 4.03. The third-order valence-corrected chi connectivity index (χ3v) is 4.28. The monoisotopic (exact) mass is 236 g/mol. The number of sulfonamides is 1. The molecule has 0 amide bonds. The van der Waals surface area contributed by atoms with Gasteiger partial charge in [-0.05, 0) is 26.8 Å². The van der Waals surface area contributed by atoms with Gasteiger partial charge >= 0.3 is 0 Å². The van der Waals surface area contributed by atoms with Crippen molar-refractivity contribution < 1.29 is 13.2 Å². The summed E-state index contributed by atoms with van der Waals surface area (Å²) in [4.78, 5) is 0. The predicted molar refractivity (Wildman–Crippen MR) is 59.0 cm³/mol. The molecule has 1 aliphatic heterocycles. The molecule has 0 aromatic heterocycles. The summed E-state index contributed by atoms with van der Waals surface area (Å²) in [5, 5.41) is 0. The molecule has 0 radical (unpaired) electrons. The van der Waals surface area contributed by atoms with Crippen molar-refractivity contribution in [2.45, 2.75) is 32.5 Å². The first kappa shape index (κ1) is 12.9. The van der Waals surface area contributed by atoms with Crippen molar-refractivity contribution in [2.24, 2.45) is 5.73 Å². The smallest absolute Gasteiger partial charge is 0.214 e. The van der Waals surface area contributed by atoms with Gasteiger partial charge in [-0.25, -0.2) is 8.42 Å². The first-order valence-electron chi connectivity index (χ1n) is 5.29. The first-order chi connectivity index (χ1) is 6.95. The van der Waals surface area contributed by atoms with Crippen LogP contribution in [0, 0.1) is 0 Å².